The Hall–Kier alpha value is -2.40. The van der Waals surface area contributed by atoms with Gasteiger partial charge < -0.3 is 11.1 Å². The van der Waals surface area contributed by atoms with E-state index in [2.05, 4.69) is 10.3 Å². The molecule has 0 fully saturated rings. The van der Waals surface area contributed by atoms with Crippen LogP contribution in [0.4, 0.5) is 5.69 Å². The number of nitrogens with two attached hydrogens (primary N) is 1. The van der Waals surface area contributed by atoms with Gasteiger partial charge in [0.15, 0.2) is 0 Å². The number of nitrogen functional groups attached to an aromatic ring is 1. The standard InChI is InChI=1S/C16H15N3OS/c1-10-4-5-13-12(7-10)14(17)15(21-13)16(20)19-9-11-3-2-6-18-8-11/h2-8H,9,17H2,1H3,(H,19,20). The van der Waals surface area contributed by atoms with Crippen LogP contribution in [-0.2, 0) is 6.54 Å². The lowest BCUT2D eigenvalue weighted by molar-refractivity contribution is 0.0956. The van der Waals surface area contributed by atoms with Crippen molar-refractivity contribution in [2.75, 3.05) is 5.73 Å². The molecule has 21 heavy (non-hydrogen) atoms. The van der Waals surface area contributed by atoms with Crippen LogP contribution >= 0.6 is 11.3 Å². The van der Waals surface area contributed by atoms with Crippen LogP contribution in [0, 0.1) is 6.92 Å². The molecule has 0 atom stereocenters. The molecule has 106 valence electrons. The topological polar surface area (TPSA) is 68.0 Å². The normalized spacial score (nSPS) is 10.7. The first-order valence-corrected chi connectivity index (χ1v) is 7.42. The van der Waals surface area contributed by atoms with E-state index in [1.807, 2.05) is 37.3 Å². The van der Waals surface area contributed by atoms with Crippen molar-refractivity contribution in [1.29, 1.82) is 0 Å². The van der Waals surface area contributed by atoms with E-state index in [0.29, 0.717) is 17.1 Å². The van der Waals surface area contributed by atoms with Gasteiger partial charge in [-0.25, -0.2) is 0 Å². The third-order valence-electron chi connectivity index (χ3n) is 3.26. The van der Waals surface area contributed by atoms with Crippen LogP contribution < -0.4 is 11.1 Å². The monoisotopic (exact) mass is 297 g/mol. The number of carbonyl (C=O) groups excluding carboxylic acids is 1. The average Bonchev–Trinajstić information content (AvgIpc) is 2.83. The molecule has 0 aliphatic heterocycles. The lowest BCUT2D eigenvalue weighted by atomic mass is 10.1. The van der Waals surface area contributed by atoms with Crippen LogP contribution in [0.5, 0.6) is 0 Å². The summed E-state index contributed by atoms with van der Waals surface area (Å²) in [5, 5.41) is 3.83. The van der Waals surface area contributed by atoms with E-state index >= 15 is 0 Å². The lowest BCUT2D eigenvalue weighted by Crippen LogP contribution is -2.22. The van der Waals surface area contributed by atoms with Gasteiger partial charge in [0.1, 0.15) is 4.88 Å². The van der Waals surface area contributed by atoms with Crippen molar-refractivity contribution >= 4 is 33.0 Å². The minimum Gasteiger partial charge on any atom is -0.397 e. The summed E-state index contributed by atoms with van der Waals surface area (Å²) in [6.07, 6.45) is 3.44. The molecule has 0 saturated carbocycles. The van der Waals surface area contributed by atoms with E-state index in [-0.39, 0.29) is 5.91 Å². The van der Waals surface area contributed by atoms with Crippen LogP contribution in [0.15, 0.2) is 42.7 Å². The van der Waals surface area contributed by atoms with E-state index in [9.17, 15) is 4.79 Å². The van der Waals surface area contributed by atoms with Crippen molar-refractivity contribution in [3.05, 3.63) is 58.7 Å². The van der Waals surface area contributed by atoms with E-state index in [0.717, 1.165) is 21.2 Å². The highest BCUT2D eigenvalue weighted by Gasteiger charge is 2.16. The first-order chi connectivity index (χ1) is 10.1. The number of nitrogens with zero attached hydrogens (tertiary/aromatic N) is 1. The number of benzene rings is 1. The molecule has 4 nitrogen and oxygen atoms in total. The number of anilines is 1. The zero-order valence-electron chi connectivity index (χ0n) is 11.6. The first-order valence-electron chi connectivity index (χ1n) is 6.61. The molecule has 0 unspecified atom stereocenters. The van der Waals surface area contributed by atoms with Crippen molar-refractivity contribution in [3.63, 3.8) is 0 Å². The van der Waals surface area contributed by atoms with Gasteiger partial charge >= 0.3 is 0 Å². The molecule has 0 aliphatic rings. The van der Waals surface area contributed by atoms with E-state index < -0.39 is 0 Å². The molecule has 1 amide bonds. The predicted octanol–water partition coefficient (Wildman–Crippen LogP) is 3.12. The smallest absolute Gasteiger partial charge is 0.263 e. The van der Waals surface area contributed by atoms with Crippen molar-refractivity contribution in [1.82, 2.24) is 10.3 Å². The Morgan fingerprint density at radius 1 is 1.38 bits per heavy atom. The average molecular weight is 297 g/mol. The third-order valence-corrected chi connectivity index (χ3v) is 4.45. The summed E-state index contributed by atoms with van der Waals surface area (Å²) in [4.78, 5) is 16.9. The minimum atomic E-state index is -0.143. The summed E-state index contributed by atoms with van der Waals surface area (Å²) >= 11 is 1.42. The fraction of sp³-hybridized carbons (Fsp3) is 0.125. The van der Waals surface area contributed by atoms with Gasteiger partial charge in [0.2, 0.25) is 0 Å². The molecule has 0 radical (unpaired) electrons. The second-order valence-electron chi connectivity index (χ2n) is 4.89. The zero-order chi connectivity index (χ0) is 14.8. The summed E-state index contributed by atoms with van der Waals surface area (Å²) in [5.41, 5.74) is 8.77. The molecular weight excluding hydrogens is 282 g/mol. The summed E-state index contributed by atoms with van der Waals surface area (Å²) in [5.74, 6) is -0.143. The largest absolute Gasteiger partial charge is 0.397 e. The highest BCUT2D eigenvalue weighted by molar-refractivity contribution is 7.21. The molecule has 1 aromatic carbocycles. The van der Waals surface area contributed by atoms with Gasteiger partial charge in [0, 0.05) is 29.0 Å². The van der Waals surface area contributed by atoms with Gasteiger partial charge in [-0.05, 0) is 30.7 Å². The number of hydrogen-bond donors (Lipinski definition) is 2. The van der Waals surface area contributed by atoms with Crippen LogP contribution in [0.2, 0.25) is 0 Å². The maximum atomic E-state index is 12.3. The number of aromatic nitrogens is 1. The first kappa shape index (κ1) is 13.6. The third kappa shape index (κ3) is 2.73. The molecule has 5 heteroatoms. The minimum absolute atomic E-state index is 0.143. The zero-order valence-corrected chi connectivity index (χ0v) is 12.4. The number of rotatable bonds is 3. The summed E-state index contributed by atoms with van der Waals surface area (Å²) in [7, 11) is 0. The van der Waals surface area contributed by atoms with Crippen LogP contribution in [-0.4, -0.2) is 10.9 Å². The van der Waals surface area contributed by atoms with Crippen LogP contribution in [0.1, 0.15) is 20.8 Å². The maximum absolute atomic E-state index is 12.3. The summed E-state index contributed by atoms with van der Waals surface area (Å²) < 4.78 is 1.03. The Bertz CT molecular complexity index is 796. The number of aryl methyl sites for hydroxylation is 1. The molecule has 3 aromatic rings. The predicted molar refractivity (Wildman–Crippen MR) is 86.4 cm³/mol. The fourth-order valence-corrected chi connectivity index (χ4v) is 3.18. The van der Waals surface area contributed by atoms with E-state index in [4.69, 9.17) is 5.73 Å². The lowest BCUT2D eigenvalue weighted by Gasteiger charge is -2.04. The Morgan fingerprint density at radius 3 is 3.00 bits per heavy atom. The quantitative estimate of drug-likeness (QED) is 0.780. The second kappa shape index (κ2) is 5.54. The van der Waals surface area contributed by atoms with E-state index in [1.165, 1.54) is 11.3 Å². The van der Waals surface area contributed by atoms with Gasteiger partial charge in [0.25, 0.3) is 5.91 Å². The van der Waals surface area contributed by atoms with Gasteiger partial charge in [-0.15, -0.1) is 11.3 Å². The van der Waals surface area contributed by atoms with Crippen molar-refractivity contribution in [2.24, 2.45) is 0 Å². The maximum Gasteiger partial charge on any atom is 0.263 e. The summed E-state index contributed by atoms with van der Waals surface area (Å²) in [6.45, 7) is 2.46. The molecule has 0 bridgehead atoms. The number of amides is 1. The van der Waals surface area contributed by atoms with Gasteiger partial charge in [-0.3, -0.25) is 9.78 Å². The van der Waals surface area contributed by atoms with Crippen LogP contribution in [0.25, 0.3) is 10.1 Å². The Kier molecular flexibility index (Phi) is 3.58. The van der Waals surface area contributed by atoms with E-state index in [1.54, 1.807) is 12.4 Å². The number of nitrogens with one attached hydrogen (secondary N) is 1. The molecule has 0 spiro atoms. The van der Waals surface area contributed by atoms with Crippen LogP contribution in [0.3, 0.4) is 0 Å². The number of fused-ring (bicyclic) bond motifs is 1. The molecular formula is C16H15N3OS. The SMILES string of the molecule is Cc1ccc2sc(C(=O)NCc3cccnc3)c(N)c2c1. The molecule has 3 rings (SSSR count). The highest BCUT2D eigenvalue weighted by atomic mass is 32.1. The number of thiophene rings is 1. The number of pyridine rings is 1. The van der Waals surface area contributed by atoms with Crippen molar-refractivity contribution < 1.29 is 4.79 Å². The number of hydrogen-bond acceptors (Lipinski definition) is 4. The Morgan fingerprint density at radius 2 is 2.24 bits per heavy atom. The molecule has 0 aliphatic carbocycles. The molecule has 3 N–H and O–H groups in total. The number of carbonyl (C=O) groups is 1. The molecule has 0 saturated heterocycles. The fourth-order valence-electron chi connectivity index (χ4n) is 2.16. The highest BCUT2D eigenvalue weighted by Crippen LogP contribution is 2.34. The van der Waals surface area contributed by atoms with Crippen molar-refractivity contribution in [2.45, 2.75) is 13.5 Å². The van der Waals surface area contributed by atoms with Gasteiger partial charge in [-0.2, -0.15) is 0 Å². The van der Waals surface area contributed by atoms with Gasteiger partial charge in [-0.1, -0.05) is 17.7 Å². The molecule has 2 heterocycles. The molecule has 2 aromatic heterocycles. The Labute approximate surface area is 126 Å². The second-order valence-corrected chi connectivity index (χ2v) is 5.94. The van der Waals surface area contributed by atoms with Crippen molar-refractivity contribution in [3.8, 4) is 0 Å². The summed E-state index contributed by atoms with van der Waals surface area (Å²) in [6, 6.07) is 9.81. The Balaban J connectivity index is 1.83. The van der Waals surface area contributed by atoms with Gasteiger partial charge in [0.05, 0.1) is 5.69 Å².